The molecule has 1 aliphatic rings. The van der Waals surface area contributed by atoms with Crippen molar-refractivity contribution in [3.05, 3.63) is 0 Å². The molecule has 0 saturated heterocycles. The Morgan fingerprint density at radius 3 is 2.53 bits per heavy atom. The predicted octanol–water partition coefficient (Wildman–Crippen LogP) is 2.29. The second-order valence-corrected chi connectivity index (χ2v) is 5.07. The van der Waals surface area contributed by atoms with Gasteiger partial charge in [0.15, 0.2) is 0 Å². The lowest BCUT2D eigenvalue weighted by molar-refractivity contribution is -0.140. The lowest BCUT2D eigenvalue weighted by atomic mass is 9.88. The first-order valence-corrected chi connectivity index (χ1v) is 5.74. The maximum absolute atomic E-state index is 12.2. The van der Waals surface area contributed by atoms with Crippen molar-refractivity contribution in [3.8, 4) is 12.3 Å². The molecule has 2 nitrogen and oxygen atoms in total. The van der Waals surface area contributed by atoms with E-state index < -0.39 is 0 Å². The van der Waals surface area contributed by atoms with Crippen molar-refractivity contribution in [2.24, 2.45) is 11.3 Å². The smallest absolute Gasteiger partial charge is 0.229 e. The first-order valence-electron chi connectivity index (χ1n) is 5.74. The highest BCUT2D eigenvalue weighted by atomic mass is 16.2. The summed E-state index contributed by atoms with van der Waals surface area (Å²) in [6, 6.07) is 0. The highest BCUT2D eigenvalue weighted by Crippen LogP contribution is 2.31. The van der Waals surface area contributed by atoms with E-state index in [0.29, 0.717) is 12.5 Å². The lowest BCUT2D eigenvalue weighted by Crippen LogP contribution is -2.42. The van der Waals surface area contributed by atoms with E-state index in [0.717, 1.165) is 13.0 Å². The molecule has 0 bridgehead atoms. The molecule has 0 aromatic rings. The van der Waals surface area contributed by atoms with Crippen molar-refractivity contribution in [1.82, 2.24) is 4.90 Å². The number of rotatable bonds is 5. The normalized spacial score (nSPS) is 15.9. The van der Waals surface area contributed by atoms with Crippen molar-refractivity contribution in [2.75, 3.05) is 13.1 Å². The van der Waals surface area contributed by atoms with E-state index in [-0.39, 0.29) is 11.3 Å². The molecule has 0 spiro atoms. The summed E-state index contributed by atoms with van der Waals surface area (Å²) in [4.78, 5) is 14.0. The Hall–Kier alpha value is -0.970. The number of nitrogens with zero attached hydrogens (tertiary/aromatic N) is 1. The van der Waals surface area contributed by atoms with Gasteiger partial charge in [-0.15, -0.1) is 6.42 Å². The van der Waals surface area contributed by atoms with Gasteiger partial charge >= 0.3 is 0 Å². The lowest BCUT2D eigenvalue weighted by Gasteiger charge is -2.30. The van der Waals surface area contributed by atoms with Crippen LogP contribution in [0.4, 0.5) is 0 Å². The molecule has 1 fully saturated rings. The van der Waals surface area contributed by atoms with Crippen LogP contribution in [0.5, 0.6) is 0 Å². The molecule has 1 aliphatic carbocycles. The van der Waals surface area contributed by atoms with Gasteiger partial charge < -0.3 is 4.90 Å². The third-order valence-corrected chi connectivity index (χ3v) is 3.21. The molecule has 0 radical (unpaired) electrons. The molecule has 1 amide bonds. The van der Waals surface area contributed by atoms with Gasteiger partial charge in [0.25, 0.3) is 0 Å². The minimum absolute atomic E-state index is 0.204. The molecule has 1 rings (SSSR count). The molecule has 1 saturated carbocycles. The number of hydrogen-bond acceptors (Lipinski definition) is 1. The molecule has 0 aromatic heterocycles. The standard InChI is InChI=1S/C13H21NO/c1-5-9-14(10-11-7-8-11)12(15)13(3,4)6-2/h1,11H,6-10H2,2-4H3. The summed E-state index contributed by atoms with van der Waals surface area (Å²) < 4.78 is 0. The Kier molecular flexibility index (Phi) is 3.79. The topological polar surface area (TPSA) is 20.3 Å². The van der Waals surface area contributed by atoms with Crippen LogP contribution in [0.2, 0.25) is 0 Å². The summed E-state index contributed by atoms with van der Waals surface area (Å²) in [6.45, 7) is 7.34. The van der Waals surface area contributed by atoms with E-state index in [4.69, 9.17) is 6.42 Å². The van der Waals surface area contributed by atoms with Crippen molar-refractivity contribution in [2.45, 2.75) is 40.0 Å². The third-order valence-electron chi connectivity index (χ3n) is 3.21. The van der Waals surface area contributed by atoms with Gasteiger partial charge in [0.05, 0.1) is 6.54 Å². The first-order chi connectivity index (χ1) is 7.01. The second-order valence-electron chi connectivity index (χ2n) is 5.07. The van der Waals surface area contributed by atoms with E-state index in [9.17, 15) is 4.79 Å². The molecular weight excluding hydrogens is 186 g/mol. The minimum Gasteiger partial charge on any atom is -0.331 e. The zero-order valence-corrected chi connectivity index (χ0v) is 10.0. The van der Waals surface area contributed by atoms with Crippen LogP contribution in [0.15, 0.2) is 0 Å². The fourth-order valence-electron chi connectivity index (χ4n) is 1.52. The highest BCUT2D eigenvalue weighted by molar-refractivity contribution is 5.82. The van der Waals surface area contributed by atoms with Crippen molar-refractivity contribution in [1.29, 1.82) is 0 Å². The number of carbonyl (C=O) groups excluding carboxylic acids is 1. The first kappa shape index (κ1) is 12.1. The van der Waals surface area contributed by atoms with Crippen molar-refractivity contribution < 1.29 is 4.79 Å². The Balaban J connectivity index is 2.61. The Labute approximate surface area is 93.0 Å². The molecule has 0 N–H and O–H groups in total. The summed E-state index contributed by atoms with van der Waals surface area (Å²) in [5.74, 6) is 3.49. The molecule has 2 heteroatoms. The number of carbonyl (C=O) groups is 1. The molecule has 0 heterocycles. The van der Waals surface area contributed by atoms with Crippen LogP contribution in [0, 0.1) is 23.7 Å². The van der Waals surface area contributed by atoms with Gasteiger partial charge in [-0.25, -0.2) is 0 Å². The molecule has 0 aliphatic heterocycles. The van der Waals surface area contributed by atoms with Gasteiger partial charge in [0, 0.05) is 12.0 Å². The van der Waals surface area contributed by atoms with Crippen LogP contribution in [-0.2, 0) is 4.79 Å². The Morgan fingerprint density at radius 1 is 1.53 bits per heavy atom. The Morgan fingerprint density at radius 2 is 2.13 bits per heavy atom. The largest absolute Gasteiger partial charge is 0.331 e. The van der Waals surface area contributed by atoms with Crippen LogP contribution in [0.3, 0.4) is 0 Å². The summed E-state index contributed by atoms with van der Waals surface area (Å²) in [7, 11) is 0. The van der Waals surface area contributed by atoms with Crippen LogP contribution in [-0.4, -0.2) is 23.9 Å². The van der Waals surface area contributed by atoms with Gasteiger partial charge in [-0.3, -0.25) is 4.79 Å². The van der Waals surface area contributed by atoms with Gasteiger partial charge in [-0.05, 0) is 25.2 Å². The van der Waals surface area contributed by atoms with Gasteiger partial charge in [-0.1, -0.05) is 26.7 Å². The number of amides is 1. The van der Waals surface area contributed by atoms with E-state index in [1.165, 1.54) is 12.8 Å². The minimum atomic E-state index is -0.272. The average molecular weight is 207 g/mol. The van der Waals surface area contributed by atoms with E-state index in [1.807, 2.05) is 25.7 Å². The zero-order valence-electron chi connectivity index (χ0n) is 10.0. The third kappa shape index (κ3) is 3.27. The summed E-state index contributed by atoms with van der Waals surface area (Å²) in [5, 5.41) is 0. The van der Waals surface area contributed by atoms with Crippen LogP contribution >= 0.6 is 0 Å². The molecular formula is C13H21NO. The fourth-order valence-corrected chi connectivity index (χ4v) is 1.52. The summed E-state index contributed by atoms with van der Waals surface area (Å²) >= 11 is 0. The summed E-state index contributed by atoms with van der Waals surface area (Å²) in [5.41, 5.74) is -0.272. The molecule has 0 unspecified atom stereocenters. The average Bonchev–Trinajstić information content (AvgIpc) is 3.00. The van der Waals surface area contributed by atoms with E-state index >= 15 is 0 Å². The SMILES string of the molecule is C#CCN(CC1CC1)C(=O)C(C)(C)CC. The van der Waals surface area contributed by atoms with Crippen molar-refractivity contribution in [3.63, 3.8) is 0 Å². The number of terminal acetylenes is 1. The zero-order chi connectivity index (χ0) is 11.5. The van der Waals surface area contributed by atoms with Crippen molar-refractivity contribution >= 4 is 5.91 Å². The molecule has 0 aromatic carbocycles. The predicted molar refractivity (Wildman–Crippen MR) is 62.2 cm³/mol. The van der Waals surface area contributed by atoms with Crippen LogP contribution < -0.4 is 0 Å². The second kappa shape index (κ2) is 4.70. The fraction of sp³-hybridized carbons (Fsp3) is 0.769. The summed E-state index contributed by atoms with van der Waals surface area (Å²) in [6.07, 6.45) is 8.66. The maximum atomic E-state index is 12.2. The monoisotopic (exact) mass is 207 g/mol. The Bertz CT molecular complexity index is 271. The van der Waals surface area contributed by atoms with Gasteiger partial charge in [0.2, 0.25) is 5.91 Å². The maximum Gasteiger partial charge on any atom is 0.229 e. The quantitative estimate of drug-likeness (QED) is 0.633. The molecule has 15 heavy (non-hydrogen) atoms. The highest BCUT2D eigenvalue weighted by Gasteiger charge is 2.33. The van der Waals surface area contributed by atoms with Gasteiger partial charge in [-0.2, -0.15) is 0 Å². The van der Waals surface area contributed by atoms with E-state index in [1.54, 1.807) is 0 Å². The number of hydrogen-bond donors (Lipinski definition) is 0. The molecule has 84 valence electrons. The van der Waals surface area contributed by atoms with Crippen LogP contribution in [0.25, 0.3) is 0 Å². The van der Waals surface area contributed by atoms with Crippen LogP contribution in [0.1, 0.15) is 40.0 Å². The van der Waals surface area contributed by atoms with E-state index in [2.05, 4.69) is 5.92 Å². The van der Waals surface area contributed by atoms with Gasteiger partial charge in [0.1, 0.15) is 0 Å². The molecule has 0 atom stereocenters.